The van der Waals surface area contributed by atoms with Gasteiger partial charge in [-0.15, -0.1) is 0 Å². The minimum atomic E-state index is 0.0544. The molecule has 0 radical (unpaired) electrons. The highest BCUT2D eigenvalue weighted by molar-refractivity contribution is 6.30. The Morgan fingerprint density at radius 1 is 1.03 bits per heavy atom. The monoisotopic (exact) mass is 459 g/mol. The molecule has 0 aliphatic carbocycles. The topological polar surface area (TPSA) is 54.3 Å². The summed E-state index contributed by atoms with van der Waals surface area (Å²) in [4.78, 5) is 22.8. The smallest absolute Gasteiger partial charge is 0.254 e. The van der Waals surface area contributed by atoms with Crippen molar-refractivity contribution in [3.8, 4) is 11.3 Å². The minimum absolute atomic E-state index is 0.0544. The number of hydrogen-bond acceptors (Lipinski definition) is 4. The number of para-hydroxylation sites is 1. The molecule has 0 saturated carbocycles. The summed E-state index contributed by atoms with van der Waals surface area (Å²) in [6, 6.07) is 17.7. The predicted molar refractivity (Wildman–Crippen MR) is 131 cm³/mol. The summed E-state index contributed by atoms with van der Waals surface area (Å²) in [6.45, 7) is 5.89. The lowest BCUT2D eigenvalue weighted by molar-refractivity contribution is 0.0630. The zero-order valence-electron chi connectivity index (χ0n) is 18.8. The van der Waals surface area contributed by atoms with Gasteiger partial charge in [0.15, 0.2) is 0 Å². The lowest BCUT2D eigenvalue weighted by Crippen LogP contribution is -2.48. The first-order valence-corrected chi connectivity index (χ1v) is 11.5. The highest BCUT2D eigenvalue weighted by Gasteiger charge is 2.25. The van der Waals surface area contributed by atoms with E-state index in [1.807, 2.05) is 78.3 Å². The van der Waals surface area contributed by atoms with E-state index in [1.54, 1.807) is 0 Å². The fourth-order valence-corrected chi connectivity index (χ4v) is 4.63. The summed E-state index contributed by atoms with van der Waals surface area (Å²) in [5.74, 6) is 0.0544. The highest BCUT2D eigenvalue weighted by Crippen LogP contribution is 2.28. The molecule has 0 unspecified atom stereocenters. The molecule has 6 nitrogen and oxygen atoms in total. The van der Waals surface area contributed by atoms with Crippen molar-refractivity contribution in [1.82, 2.24) is 24.6 Å². The number of carbonyl (C=O) groups excluding carboxylic acids is 1. The Bertz CT molecular complexity index is 1320. The summed E-state index contributed by atoms with van der Waals surface area (Å²) in [7, 11) is 1.91. The number of hydrogen-bond donors (Lipinski definition) is 0. The van der Waals surface area contributed by atoms with Gasteiger partial charge in [-0.2, -0.15) is 5.10 Å². The molecule has 0 bridgehead atoms. The van der Waals surface area contributed by atoms with Gasteiger partial charge < -0.3 is 4.90 Å². The Hall–Kier alpha value is -3.22. The number of nitrogens with zero attached hydrogens (tertiary/aromatic N) is 5. The number of aromatic nitrogens is 3. The van der Waals surface area contributed by atoms with Crippen molar-refractivity contribution in [2.45, 2.75) is 13.5 Å². The first-order chi connectivity index (χ1) is 16.0. The molecule has 7 heteroatoms. The number of fused-ring (bicyclic) bond motifs is 1. The SMILES string of the molecule is Cc1c(-c2cc(C(=O)N3CCN(Cc4cccc(Cl)c4)CC3)c3ccccc3n2)cnn1C. The van der Waals surface area contributed by atoms with E-state index in [0.717, 1.165) is 52.5 Å². The van der Waals surface area contributed by atoms with Crippen LogP contribution in [0.2, 0.25) is 5.02 Å². The van der Waals surface area contributed by atoms with Gasteiger partial charge in [0.1, 0.15) is 0 Å². The second-order valence-corrected chi connectivity index (χ2v) is 8.97. The van der Waals surface area contributed by atoms with Crippen LogP contribution in [0.1, 0.15) is 21.6 Å². The van der Waals surface area contributed by atoms with E-state index in [9.17, 15) is 4.79 Å². The van der Waals surface area contributed by atoms with Crippen LogP contribution < -0.4 is 0 Å². The van der Waals surface area contributed by atoms with E-state index in [0.29, 0.717) is 18.7 Å². The van der Waals surface area contributed by atoms with Gasteiger partial charge in [-0.25, -0.2) is 4.98 Å². The van der Waals surface area contributed by atoms with Crippen molar-refractivity contribution >= 4 is 28.4 Å². The van der Waals surface area contributed by atoms with Crippen molar-refractivity contribution in [2.75, 3.05) is 26.2 Å². The minimum Gasteiger partial charge on any atom is -0.336 e. The maximum Gasteiger partial charge on any atom is 0.254 e. The van der Waals surface area contributed by atoms with Gasteiger partial charge in [0, 0.05) is 61.4 Å². The molecule has 33 heavy (non-hydrogen) atoms. The molecule has 4 aromatic rings. The summed E-state index contributed by atoms with van der Waals surface area (Å²) in [6.07, 6.45) is 1.81. The number of carbonyl (C=O) groups is 1. The van der Waals surface area contributed by atoms with E-state index in [-0.39, 0.29) is 5.91 Å². The van der Waals surface area contributed by atoms with Crippen LogP contribution >= 0.6 is 11.6 Å². The molecular formula is C26H26ClN5O. The Morgan fingerprint density at radius 2 is 1.82 bits per heavy atom. The molecule has 5 rings (SSSR count). The van der Waals surface area contributed by atoms with Crippen LogP contribution in [0.3, 0.4) is 0 Å². The first-order valence-electron chi connectivity index (χ1n) is 11.1. The van der Waals surface area contributed by atoms with E-state index in [4.69, 9.17) is 16.6 Å². The second kappa shape index (κ2) is 8.96. The Balaban J connectivity index is 1.39. The van der Waals surface area contributed by atoms with Crippen LogP contribution in [0.4, 0.5) is 0 Å². The van der Waals surface area contributed by atoms with Crippen molar-refractivity contribution in [1.29, 1.82) is 0 Å². The van der Waals surface area contributed by atoms with Crippen molar-refractivity contribution in [2.24, 2.45) is 7.05 Å². The fourth-order valence-electron chi connectivity index (χ4n) is 4.41. The summed E-state index contributed by atoms with van der Waals surface area (Å²) < 4.78 is 1.83. The van der Waals surface area contributed by atoms with Crippen LogP contribution in [0.25, 0.3) is 22.2 Å². The first kappa shape index (κ1) is 21.6. The van der Waals surface area contributed by atoms with Gasteiger partial charge >= 0.3 is 0 Å². The maximum absolute atomic E-state index is 13.6. The Kier molecular flexibility index (Phi) is 5.87. The van der Waals surface area contributed by atoms with Crippen LogP contribution in [0.5, 0.6) is 0 Å². The zero-order chi connectivity index (χ0) is 22.9. The molecule has 0 spiro atoms. The van der Waals surface area contributed by atoms with Gasteiger partial charge in [-0.05, 0) is 36.8 Å². The molecule has 1 aliphatic heterocycles. The van der Waals surface area contributed by atoms with Gasteiger partial charge in [0.05, 0.1) is 23.0 Å². The fraction of sp³-hybridized carbons (Fsp3) is 0.269. The molecular weight excluding hydrogens is 434 g/mol. The molecule has 2 aromatic heterocycles. The summed E-state index contributed by atoms with van der Waals surface area (Å²) in [5, 5.41) is 5.99. The molecule has 1 amide bonds. The molecule has 2 aromatic carbocycles. The Morgan fingerprint density at radius 3 is 2.55 bits per heavy atom. The van der Waals surface area contributed by atoms with Gasteiger partial charge in [0.25, 0.3) is 5.91 Å². The molecule has 0 atom stereocenters. The lowest BCUT2D eigenvalue weighted by atomic mass is 10.0. The largest absolute Gasteiger partial charge is 0.336 e. The number of amides is 1. The van der Waals surface area contributed by atoms with Crippen LogP contribution in [0, 0.1) is 6.92 Å². The highest BCUT2D eigenvalue weighted by atomic mass is 35.5. The number of rotatable bonds is 4. The molecule has 1 aliphatic rings. The van der Waals surface area contributed by atoms with Crippen molar-refractivity contribution in [3.63, 3.8) is 0 Å². The van der Waals surface area contributed by atoms with Crippen LogP contribution in [0.15, 0.2) is 60.8 Å². The lowest BCUT2D eigenvalue weighted by Gasteiger charge is -2.35. The third-order valence-corrected chi connectivity index (χ3v) is 6.65. The quantitative estimate of drug-likeness (QED) is 0.449. The van der Waals surface area contributed by atoms with Crippen molar-refractivity contribution < 1.29 is 4.79 Å². The average molecular weight is 460 g/mol. The molecule has 1 saturated heterocycles. The van der Waals surface area contributed by atoms with E-state index >= 15 is 0 Å². The standard InChI is InChI=1S/C26H26ClN5O/c1-18-23(16-28-30(18)2)25-15-22(21-8-3-4-9-24(21)29-25)26(33)32-12-10-31(11-13-32)17-19-6-5-7-20(27)14-19/h3-9,14-16H,10-13,17H2,1-2H3. The third kappa shape index (κ3) is 4.36. The molecule has 0 N–H and O–H groups in total. The van der Waals surface area contributed by atoms with Gasteiger partial charge in [-0.1, -0.05) is 41.9 Å². The average Bonchev–Trinajstić information content (AvgIpc) is 3.16. The number of aryl methyl sites for hydroxylation is 1. The normalized spacial score (nSPS) is 14.7. The predicted octanol–water partition coefficient (Wildman–Crippen LogP) is 4.56. The maximum atomic E-state index is 13.6. The summed E-state index contributed by atoms with van der Waals surface area (Å²) in [5.41, 5.74) is 5.46. The summed E-state index contributed by atoms with van der Waals surface area (Å²) >= 11 is 6.13. The second-order valence-electron chi connectivity index (χ2n) is 8.54. The molecule has 3 heterocycles. The van der Waals surface area contributed by atoms with E-state index < -0.39 is 0 Å². The number of pyridine rings is 1. The zero-order valence-corrected chi connectivity index (χ0v) is 19.6. The van der Waals surface area contributed by atoms with E-state index in [2.05, 4.69) is 16.1 Å². The van der Waals surface area contributed by atoms with Gasteiger partial charge in [-0.3, -0.25) is 14.4 Å². The van der Waals surface area contributed by atoms with E-state index in [1.165, 1.54) is 5.56 Å². The Labute approximate surface area is 198 Å². The number of halogens is 1. The van der Waals surface area contributed by atoms with Gasteiger partial charge in [0.2, 0.25) is 0 Å². The molecule has 168 valence electrons. The number of benzene rings is 2. The third-order valence-electron chi connectivity index (χ3n) is 6.41. The van der Waals surface area contributed by atoms with Crippen LogP contribution in [-0.4, -0.2) is 56.7 Å². The van der Waals surface area contributed by atoms with Crippen molar-refractivity contribution in [3.05, 3.63) is 82.6 Å². The van der Waals surface area contributed by atoms with Crippen LogP contribution in [-0.2, 0) is 13.6 Å². The number of piperazine rings is 1. The molecule has 1 fully saturated rings.